The van der Waals surface area contributed by atoms with Crippen molar-refractivity contribution in [1.82, 2.24) is 15.2 Å². The number of carbonyl (C=O) groups is 3. The number of nitrogens with one attached hydrogen (secondary N) is 2. The van der Waals surface area contributed by atoms with Gasteiger partial charge in [0.25, 0.3) is 0 Å². The van der Waals surface area contributed by atoms with Crippen molar-refractivity contribution in [3.05, 3.63) is 23.9 Å². The van der Waals surface area contributed by atoms with Gasteiger partial charge in [-0.2, -0.15) is 0 Å². The van der Waals surface area contributed by atoms with E-state index >= 15 is 0 Å². The van der Waals surface area contributed by atoms with Gasteiger partial charge in [-0.3, -0.25) is 24.6 Å². The highest BCUT2D eigenvalue weighted by atomic mass is 16.2. The highest BCUT2D eigenvalue weighted by molar-refractivity contribution is 6.01. The lowest BCUT2D eigenvalue weighted by molar-refractivity contribution is -0.134. The molecular weight excluding hydrogens is 320 g/mol. The van der Waals surface area contributed by atoms with E-state index in [1.165, 1.54) is 6.42 Å². The van der Waals surface area contributed by atoms with Crippen molar-refractivity contribution in [3.63, 3.8) is 0 Å². The molecule has 7 heteroatoms. The second kappa shape index (κ2) is 7.74. The van der Waals surface area contributed by atoms with E-state index in [1.54, 1.807) is 18.3 Å². The number of hydrogen-bond donors (Lipinski definition) is 2. The zero-order chi connectivity index (χ0) is 17.8. The predicted molar refractivity (Wildman–Crippen MR) is 92.9 cm³/mol. The number of likely N-dealkylation sites (tertiary alicyclic amines) is 1. The maximum Gasteiger partial charge on any atom is 0.239 e. The highest BCUT2D eigenvalue weighted by Gasteiger charge is 2.28. The Kier molecular flexibility index (Phi) is 5.43. The monoisotopic (exact) mass is 344 g/mol. The molecule has 2 aliphatic heterocycles. The molecule has 25 heavy (non-hydrogen) atoms. The minimum atomic E-state index is -0.376. The van der Waals surface area contributed by atoms with Crippen LogP contribution in [0.3, 0.4) is 0 Å². The first-order chi connectivity index (χ1) is 12.0. The van der Waals surface area contributed by atoms with Crippen molar-refractivity contribution in [1.29, 1.82) is 0 Å². The lowest BCUT2D eigenvalue weighted by Crippen LogP contribution is -2.42. The minimum absolute atomic E-state index is 0.0957. The first kappa shape index (κ1) is 17.5. The average Bonchev–Trinajstić information content (AvgIpc) is 2.57. The first-order valence-electron chi connectivity index (χ1n) is 8.86. The molecule has 0 aliphatic carbocycles. The number of carbonyl (C=O) groups excluding carboxylic acids is 3. The summed E-state index contributed by atoms with van der Waals surface area (Å²) in [6, 6.07) is 3.89. The van der Waals surface area contributed by atoms with Crippen LogP contribution in [0.1, 0.15) is 50.5 Å². The molecule has 134 valence electrons. The fourth-order valence-electron chi connectivity index (χ4n) is 3.50. The first-order valence-corrected chi connectivity index (χ1v) is 8.86. The standard InChI is InChI=1S/C18H24N4O3/c1-12-4-2-3-9-22(12)11-17(24)20-15-10-13(7-8-19-15)14-5-6-16(23)21-18(14)25/h7-8,10,12,14H,2-6,9,11H2,1H3,(H,19,20,24)(H,21,23,25)/t12-,14?/m0/s1. The normalized spacial score (nSPS) is 24.7. The molecule has 0 radical (unpaired) electrons. The lowest BCUT2D eigenvalue weighted by Gasteiger charge is -2.32. The Bertz CT molecular complexity index is 676. The molecule has 0 saturated carbocycles. The van der Waals surface area contributed by atoms with E-state index in [9.17, 15) is 14.4 Å². The lowest BCUT2D eigenvalue weighted by atomic mass is 9.91. The van der Waals surface area contributed by atoms with E-state index < -0.39 is 0 Å². The predicted octanol–water partition coefficient (Wildman–Crippen LogP) is 1.41. The quantitative estimate of drug-likeness (QED) is 0.806. The Morgan fingerprint density at radius 1 is 1.36 bits per heavy atom. The zero-order valence-corrected chi connectivity index (χ0v) is 14.5. The molecule has 2 aliphatic rings. The molecule has 2 saturated heterocycles. The molecule has 1 unspecified atom stereocenters. The summed E-state index contributed by atoms with van der Waals surface area (Å²) in [5, 5.41) is 5.18. The van der Waals surface area contributed by atoms with Gasteiger partial charge in [0.15, 0.2) is 0 Å². The number of imide groups is 1. The number of pyridine rings is 1. The van der Waals surface area contributed by atoms with Gasteiger partial charge < -0.3 is 5.32 Å². The van der Waals surface area contributed by atoms with Gasteiger partial charge in [0.1, 0.15) is 5.82 Å². The molecule has 7 nitrogen and oxygen atoms in total. The average molecular weight is 344 g/mol. The van der Waals surface area contributed by atoms with Crippen molar-refractivity contribution in [2.75, 3.05) is 18.4 Å². The zero-order valence-electron chi connectivity index (χ0n) is 14.5. The smallest absolute Gasteiger partial charge is 0.239 e. The summed E-state index contributed by atoms with van der Waals surface area (Å²) in [5.74, 6) is -0.557. The van der Waals surface area contributed by atoms with Crippen LogP contribution < -0.4 is 10.6 Å². The fourth-order valence-corrected chi connectivity index (χ4v) is 3.50. The van der Waals surface area contributed by atoms with Crippen LogP contribution in [0.25, 0.3) is 0 Å². The highest BCUT2D eigenvalue weighted by Crippen LogP contribution is 2.25. The Morgan fingerprint density at radius 2 is 2.20 bits per heavy atom. The molecular formula is C18H24N4O3. The van der Waals surface area contributed by atoms with Crippen LogP contribution in [0, 0.1) is 0 Å². The van der Waals surface area contributed by atoms with Gasteiger partial charge in [-0.25, -0.2) is 4.98 Å². The van der Waals surface area contributed by atoms with Crippen LogP contribution in [-0.4, -0.2) is 46.7 Å². The van der Waals surface area contributed by atoms with Crippen LogP contribution in [-0.2, 0) is 14.4 Å². The number of aromatic nitrogens is 1. The SMILES string of the molecule is C[C@H]1CCCCN1CC(=O)Nc1cc(C2CCC(=O)NC2=O)ccn1. The van der Waals surface area contributed by atoms with Crippen molar-refractivity contribution in [3.8, 4) is 0 Å². The van der Waals surface area contributed by atoms with E-state index in [0.29, 0.717) is 31.2 Å². The van der Waals surface area contributed by atoms with Gasteiger partial charge in [-0.05, 0) is 50.4 Å². The molecule has 2 atom stereocenters. The maximum absolute atomic E-state index is 12.3. The van der Waals surface area contributed by atoms with Crippen molar-refractivity contribution >= 4 is 23.5 Å². The summed E-state index contributed by atoms with van der Waals surface area (Å²) < 4.78 is 0. The van der Waals surface area contributed by atoms with Gasteiger partial charge in [-0.15, -0.1) is 0 Å². The Balaban J connectivity index is 1.62. The van der Waals surface area contributed by atoms with Gasteiger partial charge in [0.2, 0.25) is 17.7 Å². The molecule has 2 N–H and O–H groups in total. The third-order valence-corrected chi connectivity index (χ3v) is 4.98. The molecule has 0 aromatic carbocycles. The van der Waals surface area contributed by atoms with Gasteiger partial charge in [0.05, 0.1) is 12.5 Å². The Hall–Kier alpha value is -2.28. The summed E-state index contributed by atoms with van der Waals surface area (Å²) in [6.07, 6.45) is 5.85. The summed E-state index contributed by atoms with van der Waals surface area (Å²) in [4.78, 5) is 41.9. The van der Waals surface area contributed by atoms with Crippen LogP contribution >= 0.6 is 0 Å². The van der Waals surface area contributed by atoms with E-state index in [1.807, 2.05) is 0 Å². The Labute approximate surface area is 147 Å². The van der Waals surface area contributed by atoms with Crippen molar-refractivity contribution < 1.29 is 14.4 Å². The largest absolute Gasteiger partial charge is 0.310 e. The minimum Gasteiger partial charge on any atom is -0.310 e. The number of hydrogen-bond acceptors (Lipinski definition) is 5. The number of piperidine rings is 2. The molecule has 1 aromatic heterocycles. The summed E-state index contributed by atoms with van der Waals surface area (Å²) >= 11 is 0. The molecule has 2 fully saturated rings. The number of anilines is 1. The van der Waals surface area contributed by atoms with Crippen molar-refractivity contribution in [2.45, 2.75) is 51.0 Å². The van der Waals surface area contributed by atoms with E-state index in [0.717, 1.165) is 24.9 Å². The van der Waals surface area contributed by atoms with Crippen molar-refractivity contribution in [2.24, 2.45) is 0 Å². The van der Waals surface area contributed by atoms with E-state index in [4.69, 9.17) is 0 Å². The van der Waals surface area contributed by atoms with Gasteiger partial charge >= 0.3 is 0 Å². The molecule has 3 rings (SSSR count). The van der Waals surface area contributed by atoms with Crippen LogP contribution in [0.5, 0.6) is 0 Å². The van der Waals surface area contributed by atoms with Crippen LogP contribution in [0.2, 0.25) is 0 Å². The fraction of sp³-hybridized carbons (Fsp3) is 0.556. The second-order valence-corrected chi connectivity index (χ2v) is 6.84. The number of nitrogens with zero attached hydrogens (tertiary/aromatic N) is 2. The molecule has 3 heterocycles. The van der Waals surface area contributed by atoms with E-state index in [-0.39, 0.29) is 23.6 Å². The topological polar surface area (TPSA) is 91.4 Å². The third-order valence-electron chi connectivity index (χ3n) is 4.98. The second-order valence-electron chi connectivity index (χ2n) is 6.84. The van der Waals surface area contributed by atoms with E-state index in [2.05, 4.69) is 27.4 Å². The summed E-state index contributed by atoms with van der Waals surface area (Å²) in [6.45, 7) is 3.44. The summed E-state index contributed by atoms with van der Waals surface area (Å²) in [7, 11) is 0. The van der Waals surface area contributed by atoms with Gasteiger partial charge in [0, 0.05) is 18.7 Å². The molecule has 0 bridgehead atoms. The van der Waals surface area contributed by atoms with Gasteiger partial charge in [-0.1, -0.05) is 6.42 Å². The maximum atomic E-state index is 12.3. The molecule has 1 aromatic rings. The molecule has 0 spiro atoms. The number of rotatable bonds is 4. The number of amides is 3. The van der Waals surface area contributed by atoms with Crippen LogP contribution in [0.15, 0.2) is 18.3 Å². The summed E-state index contributed by atoms with van der Waals surface area (Å²) in [5.41, 5.74) is 0.765. The Morgan fingerprint density at radius 3 is 2.96 bits per heavy atom. The molecule has 3 amide bonds. The van der Waals surface area contributed by atoms with Crippen LogP contribution in [0.4, 0.5) is 5.82 Å². The third kappa shape index (κ3) is 4.42.